The summed E-state index contributed by atoms with van der Waals surface area (Å²) in [5, 5.41) is 11.7. The lowest BCUT2D eigenvalue weighted by molar-refractivity contribution is -0.132. The van der Waals surface area contributed by atoms with Gasteiger partial charge in [-0.15, -0.1) is 23.2 Å². The van der Waals surface area contributed by atoms with E-state index in [4.69, 9.17) is 37.9 Å². The summed E-state index contributed by atoms with van der Waals surface area (Å²) < 4.78 is 9.23. The van der Waals surface area contributed by atoms with Crippen LogP contribution >= 0.6 is 23.2 Å². The van der Waals surface area contributed by atoms with Gasteiger partial charge in [0.1, 0.15) is 4.33 Å². The standard InChI is InChI=1S/C17H18Cl2N2O4/c1-24-13-4-3-10(7-14(13)25-2)5-6-21-16(23)11(9-20)15(22)12-8-17(12,18)19/h3-4,7,11-12H,5-6,8H2,1-2H3,(H,21,23). The van der Waals surface area contributed by atoms with Crippen LogP contribution in [0.5, 0.6) is 11.5 Å². The van der Waals surface area contributed by atoms with E-state index in [0.29, 0.717) is 17.9 Å². The van der Waals surface area contributed by atoms with E-state index in [9.17, 15) is 9.59 Å². The van der Waals surface area contributed by atoms with Gasteiger partial charge in [-0.3, -0.25) is 9.59 Å². The molecule has 1 aliphatic rings. The lowest BCUT2D eigenvalue weighted by atomic mass is 10.0. The molecule has 0 aromatic heterocycles. The zero-order valence-corrected chi connectivity index (χ0v) is 15.4. The molecule has 1 aromatic rings. The van der Waals surface area contributed by atoms with E-state index in [1.807, 2.05) is 6.07 Å². The fourth-order valence-electron chi connectivity index (χ4n) is 2.44. The Labute approximate surface area is 156 Å². The van der Waals surface area contributed by atoms with Gasteiger partial charge in [0.25, 0.3) is 0 Å². The van der Waals surface area contributed by atoms with Crippen LogP contribution in [0, 0.1) is 23.2 Å². The average Bonchev–Trinajstić information content (AvgIpc) is 3.23. The van der Waals surface area contributed by atoms with Gasteiger partial charge in [-0.05, 0) is 30.5 Å². The van der Waals surface area contributed by atoms with Gasteiger partial charge in [0.2, 0.25) is 5.91 Å². The Morgan fingerprint density at radius 1 is 1.36 bits per heavy atom. The maximum atomic E-state index is 12.1. The lowest BCUT2D eigenvalue weighted by Crippen LogP contribution is -2.37. The van der Waals surface area contributed by atoms with Gasteiger partial charge in [-0.1, -0.05) is 6.07 Å². The number of ketones is 1. The average molecular weight is 385 g/mol. The third-order valence-electron chi connectivity index (χ3n) is 4.01. The van der Waals surface area contributed by atoms with Crippen molar-refractivity contribution in [1.29, 1.82) is 5.26 Å². The van der Waals surface area contributed by atoms with Crippen LogP contribution in [0.4, 0.5) is 0 Å². The molecule has 1 fully saturated rings. The highest BCUT2D eigenvalue weighted by molar-refractivity contribution is 6.52. The number of carbonyl (C=O) groups is 2. The number of benzene rings is 1. The normalized spacial score (nSPS) is 18.6. The molecule has 1 aliphatic carbocycles. The number of Topliss-reactive ketones (excluding diaryl/α,β-unsaturated/α-hetero) is 1. The number of halogens is 2. The number of carbonyl (C=O) groups excluding carboxylic acids is 2. The lowest BCUT2D eigenvalue weighted by Gasteiger charge is -2.11. The van der Waals surface area contributed by atoms with Gasteiger partial charge in [0.05, 0.1) is 26.2 Å². The highest BCUT2D eigenvalue weighted by Crippen LogP contribution is 2.54. The van der Waals surface area contributed by atoms with Crippen molar-refractivity contribution in [3.8, 4) is 17.6 Å². The molecule has 8 heteroatoms. The summed E-state index contributed by atoms with van der Waals surface area (Å²) in [5.74, 6) is -2.02. The minimum absolute atomic E-state index is 0.270. The number of alkyl halides is 2. The van der Waals surface area contributed by atoms with Gasteiger partial charge in [-0.2, -0.15) is 5.26 Å². The van der Waals surface area contributed by atoms with Gasteiger partial charge in [-0.25, -0.2) is 0 Å². The molecule has 0 spiro atoms. The van der Waals surface area contributed by atoms with E-state index in [0.717, 1.165) is 5.56 Å². The highest BCUT2D eigenvalue weighted by atomic mass is 35.5. The molecular formula is C17H18Cl2N2O4. The van der Waals surface area contributed by atoms with E-state index < -0.39 is 27.9 Å². The number of methoxy groups -OCH3 is 2. The van der Waals surface area contributed by atoms with Crippen molar-refractivity contribution in [2.24, 2.45) is 11.8 Å². The number of nitrogens with zero attached hydrogens (tertiary/aromatic N) is 1. The molecule has 2 unspecified atom stereocenters. The Morgan fingerprint density at radius 2 is 2.00 bits per heavy atom. The molecule has 0 aliphatic heterocycles. The molecule has 6 nitrogen and oxygen atoms in total. The molecule has 0 heterocycles. The van der Waals surface area contributed by atoms with Crippen molar-refractivity contribution in [3.63, 3.8) is 0 Å². The Bertz CT molecular complexity index is 715. The fourth-order valence-corrected chi connectivity index (χ4v) is 2.97. The van der Waals surface area contributed by atoms with Crippen molar-refractivity contribution in [2.75, 3.05) is 20.8 Å². The van der Waals surface area contributed by atoms with Crippen molar-refractivity contribution in [3.05, 3.63) is 23.8 Å². The molecule has 1 saturated carbocycles. The first kappa shape index (κ1) is 19.4. The van der Waals surface area contributed by atoms with Crippen LogP contribution in [0.25, 0.3) is 0 Å². The first-order valence-corrected chi connectivity index (χ1v) is 8.39. The number of rotatable bonds is 8. The summed E-state index contributed by atoms with van der Waals surface area (Å²) in [6, 6.07) is 7.15. The summed E-state index contributed by atoms with van der Waals surface area (Å²) >= 11 is 11.7. The van der Waals surface area contributed by atoms with Gasteiger partial charge >= 0.3 is 0 Å². The number of nitriles is 1. The number of ether oxygens (including phenoxy) is 2. The third kappa shape index (κ3) is 4.56. The molecule has 1 aromatic carbocycles. The molecule has 25 heavy (non-hydrogen) atoms. The first-order valence-electron chi connectivity index (χ1n) is 7.63. The maximum absolute atomic E-state index is 12.1. The van der Waals surface area contributed by atoms with Gasteiger partial charge < -0.3 is 14.8 Å². The summed E-state index contributed by atoms with van der Waals surface area (Å²) in [5.41, 5.74) is 0.917. The predicted octanol–water partition coefficient (Wildman–Crippen LogP) is 2.27. The van der Waals surface area contributed by atoms with E-state index in [1.165, 1.54) is 7.11 Å². The van der Waals surface area contributed by atoms with Crippen LogP contribution in [0.3, 0.4) is 0 Å². The van der Waals surface area contributed by atoms with Crippen LogP contribution in [0.2, 0.25) is 0 Å². The molecule has 1 N–H and O–H groups in total. The third-order valence-corrected chi connectivity index (χ3v) is 4.84. The van der Waals surface area contributed by atoms with Gasteiger partial charge in [0, 0.05) is 6.54 Å². The van der Waals surface area contributed by atoms with Crippen LogP contribution < -0.4 is 14.8 Å². The second-order valence-corrected chi connectivity index (χ2v) is 7.25. The monoisotopic (exact) mass is 384 g/mol. The number of hydrogen-bond donors (Lipinski definition) is 1. The van der Waals surface area contributed by atoms with Crippen LogP contribution in [-0.4, -0.2) is 36.8 Å². The summed E-state index contributed by atoms with van der Waals surface area (Å²) in [7, 11) is 3.09. The Kier molecular flexibility index (Phi) is 6.15. The smallest absolute Gasteiger partial charge is 0.245 e. The second kappa shape index (κ2) is 7.94. The predicted molar refractivity (Wildman–Crippen MR) is 92.9 cm³/mol. The number of nitrogens with one attached hydrogen (secondary N) is 1. The van der Waals surface area contributed by atoms with Gasteiger partial charge in [0.15, 0.2) is 23.2 Å². The topological polar surface area (TPSA) is 88.4 Å². The Balaban J connectivity index is 1.89. The summed E-state index contributed by atoms with van der Waals surface area (Å²) in [6.45, 7) is 0.275. The zero-order chi connectivity index (χ0) is 18.6. The Morgan fingerprint density at radius 3 is 2.52 bits per heavy atom. The van der Waals surface area contributed by atoms with Crippen LogP contribution in [0.15, 0.2) is 18.2 Å². The van der Waals surface area contributed by atoms with Crippen molar-refractivity contribution in [2.45, 2.75) is 17.2 Å². The fraction of sp³-hybridized carbons (Fsp3) is 0.471. The SMILES string of the molecule is COc1ccc(CCNC(=O)C(C#N)C(=O)C2CC2(Cl)Cl)cc1OC. The molecule has 2 atom stereocenters. The molecule has 0 saturated heterocycles. The van der Waals surface area contributed by atoms with Crippen molar-refractivity contribution in [1.82, 2.24) is 5.32 Å². The molecular weight excluding hydrogens is 367 g/mol. The second-order valence-electron chi connectivity index (χ2n) is 5.71. The first-order chi connectivity index (χ1) is 11.8. The minimum Gasteiger partial charge on any atom is -0.493 e. The van der Waals surface area contributed by atoms with E-state index in [-0.39, 0.29) is 13.0 Å². The minimum atomic E-state index is -1.39. The number of hydrogen-bond acceptors (Lipinski definition) is 5. The number of amides is 1. The zero-order valence-electron chi connectivity index (χ0n) is 13.8. The molecule has 0 radical (unpaired) electrons. The highest BCUT2D eigenvalue weighted by Gasteiger charge is 2.58. The molecule has 0 bridgehead atoms. The molecule has 1 amide bonds. The Hall–Kier alpha value is -1.97. The molecule has 134 valence electrons. The van der Waals surface area contributed by atoms with Crippen LogP contribution in [0.1, 0.15) is 12.0 Å². The van der Waals surface area contributed by atoms with E-state index in [1.54, 1.807) is 25.3 Å². The van der Waals surface area contributed by atoms with Crippen molar-refractivity contribution >= 4 is 34.9 Å². The summed E-state index contributed by atoms with van der Waals surface area (Å²) in [6.07, 6.45) is 0.781. The molecule has 2 rings (SSSR count). The quantitative estimate of drug-likeness (QED) is 0.548. The van der Waals surface area contributed by atoms with E-state index >= 15 is 0 Å². The van der Waals surface area contributed by atoms with Crippen LogP contribution in [-0.2, 0) is 16.0 Å². The van der Waals surface area contributed by atoms with Crippen molar-refractivity contribution < 1.29 is 19.1 Å². The largest absolute Gasteiger partial charge is 0.493 e. The summed E-state index contributed by atoms with van der Waals surface area (Å²) in [4.78, 5) is 24.2. The maximum Gasteiger partial charge on any atom is 0.245 e. The van der Waals surface area contributed by atoms with E-state index in [2.05, 4.69) is 5.32 Å².